The van der Waals surface area contributed by atoms with Gasteiger partial charge in [-0.05, 0) is 30.3 Å². The van der Waals surface area contributed by atoms with Crippen LogP contribution in [0.1, 0.15) is 27.9 Å². The summed E-state index contributed by atoms with van der Waals surface area (Å²) < 4.78 is 56.1. The van der Waals surface area contributed by atoms with E-state index in [1.807, 2.05) is 0 Å². The molecule has 3 aromatic rings. The van der Waals surface area contributed by atoms with Crippen LogP contribution in [0.3, 0.4) is 0 Å². The number of rotatable bonds is 5. The van der Waals surface area contributed by atoms with Crippen molar-refractivity contribution in [3.63, 3.8) is 0 Å². The van der Waals surface area contributed by atoms with E-state index >= 15 is 0 Å². The summed E-state index contributed by atoms with van der Waals surface area (Å²) in [5.41, 5.74) is -0.540. The molecule has 2 aromatic carbocycles. The number of aliphatic hydroxyl groups is 1. The van der Waals surface area contributed by atoms with Crippen LogP contribution < -0.4 is 5.32 Å². The van der Waals surface area contributed by atoms with Crippen LogP contribution in [0.25, 0.3) is 11.4 Å². The molecule has 29 heavy (non-hydrogen) atoms. The van der Waals surface area contributed by atoms with Crippen LogP contribution in [0.4, 0.5) is 17.6 Å². The highest BCUT2D eigenvalue weighted by atomic mass is 35.5. The minimum Gasteiger partial charge on any atom is -0.394 e. The first-order chi connectivity index (χ1) is 13.7. The Balaban J connectivity index is 1.76. The van der Waals surface area contributed by atoms with Crippen molar-refractivity contribution in [3.05, 3.63) is 70.3 Å². The number of halogens is 5. The van der Waals surface area contributed by atoms with Crippen molar-refractivity contribution in [1.82, 2.24) is 15.5 Å². The molecule has 1 aromatic heterocycles. The molecule has 6 nitrogen and oxygen atoms in total. The highest BCUT2D eigenvalue weighted by molar-refractivity contribution is 6.31. The van der Waals surface area contributed by atoms with Gasteiger partial charge >= 0.3 is 6.18 Å². The van der Waals surface area contributed by atoms with E-state index in [9.17, 15) is 27.5 Å². The zero-order chi connectivity index (χ0) is 21.2. The molecule has 0 spiro atoms. The third-order valence-corrected chi connectivity index (χ3v) is 4.17. The van der Waals surface area contributed by atoms with Gasteiger partial charge in [-0.3, -0.25) is 4.79 Å². The molecule has 1 heterocycles. The summed E-state index contributed by atoms with van der Waals surface area (Å²) >= 11 is 5.64. The highest BCUT2D eigenvalue weighted by Crippen LogP contribution is 2.30. The first kappa shape index (κ1) is 20.7. The molecule has 0 radical (unpaired) electrons. The summed E-state index contributed by atoms with van der Waals surface area (Å²) in [5.74, 6) is -1.56. The molecule has 0 bridgehead atoms. The number of carbonyl (C=O) groups excluding carboxylic acids is 1. The van der Waals surface area contributed by atoms with E-state index in [1.54, 1.807) is 0 Å². The normalized spacial score (nSPS) is 12.6. The van der Waals surface area contributed by atoms with Crippen LogP contribution >= 0.6 is 11.6 Å². The Morgan fingerprint density at radius 2 is 1.90 bits per heavy atom. The van der Waals surface area contributed by atoms with Crippen molar-refractivity contribution in [3.8, 4) is 11.4 Å². The van der Waals surface area contributed by atoms with Crippen molar-refractivity contribution >= 4 is 17.5 Å². The van der Waals surface area contributed by atoms with Crippen LogP contribution in [0.2, 0.25) is 5.02 Å². The lowest BCUT2D eigenvalue weighted by atomic mass is 10.1. The van der Waals surface area contributed by atoms with E-state index in [1.165, 1.54) is 18.2 Å². The van der Waals surface area contributed by atoms with E-state index in [0.29, 0.717) is 0 Å². The van der Waals surface area contributed by atoms with Gasteiger partial charge < -0.3 is 14.9 Å². The molecule has 2 N–H and O–H groups in total. The Kier molecular flexibility index (Phi) is 5.85. The molecule has 0 saturated carbocycles. The Morgan fingerprint density at radius 3 is 2.48 bits per heavy atom. The van der Waals surface area contributed by atoms with E-state index in [0.717, 1.165) is 24.3 Å². The predicted molar refractivity (Wildman–Crippen MR) is 93.4 cm³/mol. The largest absolute Gasteiger partial charge is 0.416 e. The predicted octanol–water partition coefficient (Wildman–Crippen LogP) is 4.01. The number of carbonyl (C=O) groups is 1. The molecule has 0 aliphatic carbocycles. The van der Waals surface area contributed by atoms with Crippen molar-refractivity contribution in [2.75, 3.05) is 6.61 Å². The molecule has 1 unspecified atom stereocenters. The summed E-state index contributed by atoms with van der Waals surface area (Å²) in [7, 11) is 0. The van der Waals surface area contributed by atoms with Gasteiger partial charge in [0, 0.05) is 11.1 Å². The molecule has 0 saturated heterocycles. The fraction of sp³-hybridized carbons (Fsp3) is 0.167. The molecular weight excluding hydrogens is 418 g/mol. The molecule has 0 fully saturated rings. The number of amides is 1. The highest BCUT2D eigenvalue weighted by Gasteiger charge is 2.30. The van der Waals surface area contributed by atoms with Gasteiger partial charge in [0.15, 0.2) is 0 Å². The second kappa shape index (κ2) is 8.18. The summed E-state index contributed by atoms with van der Waals surface area (Å²) in [6.45, 7) is -0.602. The zero-order valence-corrected chi connectivity index (χ0v) is 15.1. The molecule has 0 aliphatic rings. The van der Waals surface area contributed by atoms with Gasteiger partial charge in [-0.15, -0.1) is 0 Å². The molecule has 1 atom stereocenters. The second-order valence-corrected chi connectivity index (χ2v) is 6.28. The summed E-state index contributed by atoms with van der Waals surface area (Å²) in [6.07, 6.45) is -4.48. The molecule has 3 rings (SSSR count). The number of nitrogens with one attached hydrogen (secondary N) is 1. The van der Waals surface area contributed by atoms with Gasteiger partial charge in [0.25, 0.3) is 11.8 Å². The van der Waals surface area contributed by atoms with Crippen molar-refractivity contribution < 1.29 is 32.0 Å². The molecular formula is C18H12ClF4N3O3. The Labute approximate surface area is 166 Å². The van der Waals surface area contributed by atoms with Crippen molar-refractivity contribution in [1.29, 1.82) is 0 Å². The number of benzene rings is 2. The Hall–Kier alpha value is -2.98. The average Bonchev–Trinajstić information content (AvgIpc) is 3.17. The van der Waals surface area contributed by atoms with Gasteiger partial charge in [0.1, 0.15) is 11.9 Å². The van der Waals surface area contributed by atoms with E-state index in [2.05, 4.69) is 15.5 Å². The molecule has 152 valence electrons. The quantitative estimate of drug-likeness (QED) is 0.598. The molecule has 11 heteroatoms. The topological polar surface area (TPSA) is 88.2 Å². The molecule has 0 aliphatic heterocycles. The summed E-state index contributed by atoms with van der Waals surface area (Å²) in [4.78, 5) is 16.3. The van der Waals surface area contributed by atoms with Gasteiger partial charge in [0.2, 0.25) is 5.82 Å². The second-order valence-electron chi connectivity index (χ2n) is 5.87. The summed E-state index contributed by atoms with van der Waals surface area (Å²) in [6, 6.07) is 6.32. The minimum atomic E-state index is -4.48. The van der Waals surface area contributed by atoms with E-state index in [-0.39, 0.29) is 27.9 Å². The van der Waals surface area contributed by atoms with Crippen LogP contribution in [-0.2, 0) is 6.18 Å². The van der Waals surface area contributed by atoms with Crippen molar-refractivity contribution in [2.45, 2.75) is 12.2 Å². The molecule has 1 amide bonds. The van der Waals surface area contributed by atoms with Gasteiger partial charge in [-0.25, -0.2) is 4.39 Å². The van der Waals surface area contributed by atoms with Gasteiger partial charge in [-0.2, -0.15) is 18.2 Å². The lowest BCUT2D eigenvalue weighted by Gasteiger charge is -2.12. The Morgan fingerprint density at radius 1 is 1.21 bits per heavy atom. The van der Waals surface area contributed by atoms with Crippen LogP contribution in [0.15, 0.2) is 47.0 Å². The van der Waals surface area contributed by atoms with Crippen LogP contribution in [0, 0.1) is 5.82 Å². The van der Waals surface area contributed by atoms with Gasteiger partial charge in [0.05, 0.1) is 17.2 Å². The Bertz CT molecular complexity index is 1020. The van der Waals surface area contributed by atoms with E-state index in [4.69, 9.17) is 16.1 Å². The number of hydrogen-bond acceptors (Lipinski definition) is 5. The average molecular weight is 430 g/mol. The third-order valence-electron chi connectivity index (χ3n) is 3.88. The monoisotopic (exact) mass is 429 g/mol. The fourth-order valence-electron chi connectivity index (χ4n) is 2.37. The summed E-state index contributed by atoms with van der Waals surface area (Å²) in [5, 5.41) is 15.4. The SMILES string of the molecule is O=C(NC(CO)c1nc(-c2ccc(C(F)(F)F)cc2)no1)c1ccc(F)c(Cl)c1. The van der Waals surface area contributed by atoms with E-state index < -0.39 is 36.1 Å². The first-order valence-corrected chi connectivity index (χ1v) is 8.45. The number of aliphatic hydroxyl groups excluding tert-OH is 1. The maximum Gasteiger partial charge on any atom is 0.416 e. The zero-order valence-electron chi connectivity index (χ0n) is 14.4. The first-order valence-electron chi connectivity index (χ1n) is 8.07. The fourth-order valence-corrected chi connectivity index (χ4v) is 2.55. The number of aromatic nitrogens is 2. The van der Waals surface area contributed by atoms with Gasteiger partial charge in [-0.1, -0.05) is 28.9 Å². The standard InChI is InChI=1S/C18H12ClF4N3O3/c19-12-7-10(3-6-13(12)20)16(28)24-14(8-27)17-25-15(26-29-17)9-1-4-11(5-2-9)18(21,22)23/h1-7,14,27H,8H2,(H,24,28). The third kappa shape index (κ3) is 4.72. The number of nitrogens with zero attached hydrogens (tertiary/aromatic N) is 2. The smallest absolute Gasteiger partial charge is 0.394 e. The minimum absolute atomic E-state index is 0.0220. The van der Waals surface area contributed by atoms with Crippen LogP contribution in [0.5, 0.6) is 0 Å². The maximum absolute atomic E-state index is 13.2. The number of alkyl halides is 3. The van der Waals surface area contributed by atoms with Crippen molar-refractivity contribution in [2.24, 2.45) is 0 Å². The lowest BCUT2D eigenvalue weighted by molar-refractivity contribution is -0.137. The maximum atomic E-state index is 13.2. The number of hydrogen-bond donors (Lipinski definition) is 2. The van der Waals surface area contributed by atoms with Crippen LogP contribution in [-0.4, -0.2) is 27.8 Å². The lowest BCUT2D eigenvalue weighted by Crippen LogP contribution is -2.31.